The van der Waals surface area contributed by atoms with Crippen LogP contribution in [0.1, 0.15) is 0 Å². The van der Waals surface area contributed by atoms with Gasteiger partial charge in [0.1, 0.15) is 0 Å². The van der Waals surface area contributed by atoms with Gasteiger partial charge in [-0.15, -0.1) is 0 Å². The molecule has 0 unspecified atom stereocenters. The largest absolute Gasteiger partial charge is 0.278 e. The van der Waals surface area contributed by atoms with Crippen LogP contribution < -0.4 is 5.14 Å². The van der Waals surface area contributed by atoms with Crippen LogP contribution in [0.2, 0.25) is 0 Å². The molecule has 0 aromatic carbocycles. The van der Waals surface area contributed by atoms with E-state index in [9.17, 15) is 5.11 Å². The van der Waals surface area contributed by atoms with Crippen molar-refractivity contribution in [3.05, 3.63) is 0 Å². The highest BCUT2D eigenvalue weighted by Crippen LogP contribution is 1.78. The molecule has 5 heavy (non-hydrogen) atoms. The quantitative estimate of drug-likeness (QED) is 0.488. The van der Waals surface area contributed by atoms with Gasteiger partial charge in [0.15, 0.2) is 0 Å². The third-order valence-electron chi connectivity index (χ3n) is 0.201. The Bertz CT molecular complexity index is 17.1. The average molecular weight is 92.1 g/mol. The standard InChI is InChI=1S/C2H6NOS/c3-5-2-1-4/h1-3H2. The van der Waals surface area contributed by atoms with Crippen LogP contribution in [0.15, 0.2) is 0 Å². The second kappa shape index (κ2) is 4.27. The van der Waals surface area contributed by atoms with E-state index in [4.69, 9.17) is 5.14 Å². The van der Waals surface area contributed by atoms with E-state index in [0.717, 1.165) is 11.9 Å². The van der Waals surface area contributed by atoms with Gasteiger partial charge in [-0.3, -0.25) is 5.14 Å². The summed E-state index contributed by atoms with van der Waals surface area (Å²) in [6, 6.07) is 0. The molecule has 0 heterocycles. The van der Waals surface area contributed by atoms with Crippen molar-refractivity contribution in [2.75, 3.05) is 12.4 Å². The fourth-order valence-electron chi connectivity index (χ4n) is 0.0481. The Labute approximate surface area is 35.5 Å². The third-order valence-corrected chi connectivity index (χ3v) is 0.604. The summed E-state index contributed by atoms with van der Waals surface area (Å²) in [4.78, 5) is 0. The minimum Gasteiger partial charge on any atom is -0.278 e. The molecule has 0 atom stereocenters. The highest BCUT2D eigenvalue weighted by molar-refractivity contribution is 7.97. The van der Waals surface area contributed by atoms with Crippen LogP contribution in [0, 0.1) is 0 Å². The predicted molar refractivity (Wildman–Crippen MR) is 22.2 cm³/mol. The van der Waals surface area contributed by atoms with Crippen LogP contribution in [0.3, 0.4) is 0 Å². The lowest BCUT2D eigenvalue weighted by atomic mass is 10.9. The topological polar surface area (TPSA) is 45.9 Å². The van der Waals surface area contributed by atoms with Crippen molar-refractivity contribution >= 4 is 11.9 Å². The summed E-state index contributed by atoms with van der Waals surface area (Å²) in [5.74, 6) is 0.528. The van der Waals surface area contributed by atoms with Gasteiger partial charge < -0.3 is 0 Å². The first-order valence-electron chi connectivity index (χ1n) is 1.31. The summed E-state index contributed by atoms with van der Waals surface area (Å²) in [5, 5.41) is 14.3. The fraction of sp³-hybridized carbons (Fsp3) is 1.00. The van der Waals surface area contributed by atoms with Crippen LogP contribution in [-0.4, -0.2) is 12.4 Å². The van der Waals surface area contributed by atoms with Crippen molar-refractivity contribution in [3.63, 3.8) is 0 Å². The molecule has 0 aliphatic rings. The molecule has 0 aliphatic carbocycles. The maximum atomic E-state index is 9.43. The molecule has 0 aromatic rings. The summed E-state index contributed by atoms with van der Waals surface area (Å²) in [5.41, 5.74) is 0. The van der Waals surface area contributed by atoms with Gasteiger partial charge in [-0.05, 0) is 0 Å². The Morgan fingerprint density at radius 3 is 2.40 bits per heavy atom. The van der Waals surface area contributed by atoms with Gasteiger partial charge in [-0.2, -0.15) is 0 Å². The fourth-order valence-corrected chi connectivity index (χ4v) is 0.144. The molecule has 2 N–H and O–H groups in total. The van der Waals surface area contributed by atoms with Gasteiger partial charge in [0.05, 0.1) is 6.61 Å². The molecule has 0 saturated heterocycles. The van der Waals surface area contributed by atoms with Gasteiger partial charge in [0.25, 0.3) is 0 Å². The summed E-state index contributed by atoms with van der Waals surface area (Å²) < 4.78 is 0. The number of hydrogen-bond donors (Lipinski definition) is 1. The van der Waals surface area contributed by atoms with Gasteiger partial charge >= 0.3 is 0 Å². The second-order valence-corrected chi connectivity index (χ2v) is 1.32. The van der Waals surface area contributed by atoms with Crippen molar-refractivity contribution in [2.45, 2.75) is 0 Å². The van der Waals surface area contributed by atoms with Crippen molar-refractivity contribution in [2.24, 2.45) is 5.14 Å². The molecule has 0 aromatic heterocycles. The van der Waals surface area contributed by atoms with Crippen LogP contribution >= 0.6 is 11.9 Å². The lowest BCUT2D eigenvalue weighted by molar-refractivity contribution is 0.215. The van der Waals surface area contributed by atoms with Gasteiger partial charge in [-0.1, -0.05) is 11.9 Å². The number of rotatable bonds is 2. The molecule has 31 valence electrons. The van der Waals surface area contributed by atoms with E-state index in [-0.39, 0.29) is 6.61 Å². The van der Waals surface area contributed by atoms with E-state index < -0.39 is 0 Å². The first kappa shape index (κ1) is 5.27. The zero-order chi connectivity index (χ0) is 4.12. The Morgan fingerprint density at radius 2 is 2.40 bits per heavy atom. The van der Waals surface area contributed by atoms with Crippen molar-refractivity contribution in [1.82, 2.24) is 0 Å². The summed E-state index contributed by atoms with van der Waals surface area (Å²) in [7, 11) is 0. The molecule has 3 heteroatoms. The maximum Gasteiger partial charge on any atom is 0.0925 e. The highest BCUT2D eigenvalue weighted by Gasteiger charge is 1.71. The molecule has 1 radical (unpaired) electrons. The van der Waals surface area contributed by atoms with E-state index in [1.807, 2.05) is 0 Å². The first-order valence-corrected chi connectivity index (χ1v) is 2.36. The van der Waals surface area contributed by atoms with E-state index >= 15 is 0 Å². The summed E-state index contributed by atoms with van der Waals surface area (Å²) in [6.45, 7) is -0.0683. The molecular weight excluding hydrogens is 86.1 g/mol. The third kappa shape index (κ3) is 4.27. The Balaban J connectivity index is 2.19. The Kier molecular flexibility index (Phi) is 4.50. The Hall–Kier alpha value is 0.270. The highest BCUT2D eigenvalue weighted by atomic mass is 32.2. The monoisotopic (exact) mass is 92.0 g/mol. The minimum atomic E-state index is -0.0683. The zero-order valence-corrected chi connectivity index (χ0v) is 3.62. The lowest BCUT2D eigenvalue weighted by Gasteiger charge is -1.77. The molecule has 0 saturated carbocycles. The molecular formula is C2H6NOS. The van der Waals surface area contributed by atoms with E-state index in [1.54, 1.807) is 0 Å². The molecule has 2 nitrogen and oxygen atoms in total. The van der Waals surface area contributed by atoms with Gasteiger partial charge in [0, 0.05) is 5.75 Å². The van der Waals surface area contributed by atoms with Gasteiger partial charge in [0.2, 0.25) is 0 Å². The SMILES string of the molecule is NSCC[O]. The van der Waals surface area contributed by atoms with Crippen molar-refractivity contribution in [1.29, 1.82) is 0 Å². The van der Waals surface area contributed by atoms with Crippen molar-refractivity contribution in [3.8, 4) is 0 Å². The number of hydrogen-bond acceptors (Lipinski definition) is 2. The van der Waals surface area contributed by atoms with Crippen LogP contribution in [-0.2, 0) is 5.11 Å². The van der Waals surface area contributed by atoms with Gasteiger partial charge in [-0.25, -0.2) is 5.11 Å². The van der Waals surface area contributed by atoms with E-state index in [2.05, 4.69) is 0 Å². The maximum absolute atomic E-state index is 9.43. The van der Waals surface area contributed by atoms with E-state index in [1.165, 1.54) is 0 Å². The molecule has 0 bridgehead atoms. The first-order chi connectivity index (χ1) is 2.41. The van der Waals surface area contributed by atoms with Crippen LogP contribution in [0.5, 0.6) is 0 Å². The molecule has 0 amide bonds. The molecule has 0 rings (SSSR count). The zero-order valence-electron chi connectivity index (χ0n) is 2.81. The molecule has 0 aliphatic heterocycles. The van der Waals surface area contributed by atoms with E-state index in [0.29, 0.717) is 5.75 Å². The van der Waals surface area contributed by atoms with Crippen LogP contribution in [0.4, 0.5) is 0 Å². The summed E-state index contributed by atoms with van der Waals surface area (Å²) >= 11 is 1.09. The smallest absolute Gasteiger partial charge is 0.0925 e. The predicted octanol–water partition coefficient (Wildman–Crippen LogP) is 0.0238. The molecule has 0 fully saturated rings. The second-order valence-electron chi connectivity index (χ2n) is 0.575. The minimum absolute atomic E-state index is 0.0683. The Morgan fingerprint density at radius 1 is 1.80 bits per heavy atom. The number of nitrogens with two attached hydrogens (primary N) is 1. The normalized spacial score (nSPS) is 8.40. The lowest BCUT2D eigenvalue weighted by Crippen LogP contribution is -1.87. The molecule has 0 spiro atoms. The van der Waals surface area contributed by atoms with Crippen LogP contribution in [0.25, 0.3) is 0 Å². The summed E-state index contributed by atoms with van der Waals surface area (Å²) in [6.07, 6.45) is 0. The van der Waals surface area contributed by atoms with Crippen molar-refractivity contribution < 1.29 is 5.11 Å². The average Bonchev–Trinajstić information content (AvgIpc) is 1.41.